The van der Waals surface area contributed by atoms with Crippen molar-refractivity contribution in [2.75, 3.05) is 40.0 Å². The summed E-state index contributed by atoms with van der Waals surface area (Å²) in [7, 11) is 1.69. The summed E-state index contributed by atoms with van der Waals surface area (Å²) in [5, 5.41) is 9.22. The van der Waals surface area contributed by atoms with E-state index in [0.29, 0.717) is 38.8 Å². The van der Waals surface area contributed by atoms with E-state index in [1.165, 1.54) is 5.56 Å². The number of guanidine groups is 1. The first-order valence-electron chi connectivity index (χ1n) is 11.2. The maximum absolute atomic E-state index is 12.2. The number of amides is 1. The zero-order valence-corrected chi connectivity index (χ0v) is 19.4. The third-order valence-electron chi connectivity index (χ3n) is 4.72. The highest BCUT2D eigenvalue weighted by molar-refractivity contribution is 5.86. The minimum Gasteiger partial charge on any atom is -0.493 e. The fourth-order valence-electron chi connectivity index (χ4n) is 3.04. The lowest BCUT2D eigenvalue weighted by Gasteiger charge is -2.14. The monoisotopic (exact) mass is 440 g/mol. The largest absolute Gasteiger partial charge is 0.493 e. The smallest absolute Gasteiger partial charge is 0.239 e. The van der Waals surface area contributed by atoms with Crippen LogP contribution in [0.1, 0.15) is 30.0 Å². The van der Waals surface area contributed by atoms with Crippen LogP contribution in [0, 0.1) is 6.92 Å². The SMILES string of the molecule is CCNC(=NCc1ccc(C)cc1OCCCOC)NCC(=O)NCCc1ccccc1. The lowest BCUT2D eigenvalue weighted by molar-refractivity contribution is -0.119. The molecule has 0 aliphatic heterocycles. The van der Waals surface area contributed by atoms with E-state index in [9.17, 15) is 4.79 Å². The Bertz CT molecular complexity index is 840. The predicted octanol–water partition coefficient (Wildman–Crippen LogP) is 2.82. The number of benzene rings is 2. The predicted molar refractivity (Wildman–Crippen MR) is 129 cm³/mol. The van der Waals surface area contributed by atoms with Crippen LogP contribution >= 0.6 is 0 Å². The molecule has 0 aliphatic rings. The molecule has 0 radical (unpaired) electrons. The van der Waals surface area contributed by atoms with Gasteiger partial charge in [-0.05, 0) is 37.5 Å². The quantitative estimate of drug-likeness (QED) is 0.253. The zero-order chi connectivity index (χ0) is 23.0. The summed E-state index contributed by atoms with van der Waals surface area (Å²) < 4.78 is 11.0. The standard InChI is InChI=1S/C25H36N4O3/c1-4-26-25(29-19-24(30)27-14-13-21-9-6-5-7-10-21)28-18-22-12-11-20(2)17-23(22)32-16-8-15-31-3/h5-7,9-12,17H,4,8,13-16,18-19H2,1-3H3,(H,27,30)(H2,26,28,29). The first-order chi connectivity index (χ1) is 15.6. The van der Waals surface area contributed by atoms with E-state index < -0.39 is 0 Å². The summed E-state index contributed by atoms with van der Waals surface area (Å²) in [5.41, 5.74) is 3.34. The van der Waals surface area contributed by atoms with Gasteiger partial charge in [0.05, 0.1) is 19.7 Å². The van der Waals surface area contributed by atoms with Gasteiger partial charge in [0.2, 0.25) is 5.91 Å². The molecule has 2 aromatic carbocycles. The first kappa shape index (κ1) is 25.2. The Morgan fingerprint density at radius 2 is 1.84 bits per heavy atom. The van der Waals surface area contributed by atoms with Crippen LogP contribution in [0.15, 0.2) is 53.5 Å². The molecule has 0 aliphatic carbocycles. The van der Waals surface area contributed by atoms with E-state index in [2.05, 4.69) is 33.1 Å². The lowest BCUT2D eigenvalue weighted by atomic mass is 10.1. The fourth-order valence-corrected chi connectivity index (χ4v) is 3.04. The molecule has 32 heavy (non-hydrogen) atoms. The molecule has 0 unspecified atom stereocenters. The van der Waals surface area contributed by atoms with Gasteiger partial charge in [-0.1, -0.05) is 42.5 Å². The number of methoxy groups -OCH3 is 1. The maximum atomic E-state index is 12.2. The second kappa shape index (κ2) is 14.9. The van der Waals surface area contributed by atoms with Gasteiger partial charge in [0.15, 0.2) is 5.96 Å². The summed E-state index contributed by atoms with van der Waals surface area (Å²) in [4.78, 5) is 16.8. The molecule has 0 spiro atoms. The summed E-state index contributed by atoms with van der Waals surface area (Å²) >= 11 is 0. The molecule has 174 valence electrons. The highest BCUT2D eigenvalue weighted by atomic mass is 16.5. The van der Waals surface area contributed by atoms with Crippen LogP contribution in [-0.4, -0.2) is 51.8 Å². The molecular weight excluding hydrogens is 404 g/mol. The summed E-state index contributed by atoms with van der Waals surface area (Å²) in [6.07, 6.45) is 1.64. The number of rotatable bonds is 13. The molecule has 0 aromatic heterocycles. The molecule has 2 aromatic rings. The Labute approximate surface area is 191 Å². The minimum absolute atomic E-state index is 0.0657. The van der Waals surface area contributed by atoms with Crippen molar-refractivity contribution in [3.8, 4) is 5.75 Å². The second-order valence-electron chi connectivity index (χ2n) is 7.44. The molecule has 0 heterocycles. The topological polar surface area (TPSA) is 84.0 Å². The van der Waals surface area contributed by atoms with Crippen LogP contribution in [0.4, 0.5) is 0 Å². The van der Waals surface area contributed by atoms with Crippen LogP contribution in [0.2, 0.25) is 0 Å². The van der Waals surface area contributed by atoms with Gasteiger partial charge in [-0.25, -0.2) is 4.99 Å². The third-order valence-corrected chi connectivity index (χ3v) is 4.72. The van der Waals surface area contributed by atoms with Gasteiger partial charge in [-0.2, -0.15) is 0 Å². The molecule has 0 bridgehead atoms. The van der Waals surface area contributed by atoms with Crippen molar-refractivity contribution < 1.29 is 14.3 Å². The van der Waals surface area contributed by atoms with Crippen LogP contribution in [-0.2, 0) is 22.5 Å². The van der Waals surface area contributed by atoms with Gasteiger partial charge in [-0.15, -0.1) is 0 Å². The zero-order valence-electron chi connectivity index (χ0n) is 19.4. The summed E-state index contributed by atoms with van der Waals surface area (Å²) in [6, 6.07) is 16.2. The van der Waals surface area contributed by atoms with Gasteiger partial charge in [0.25, 0.3) is 0 Å². The summed E-state index contributed by atoms with van der Waals surface area (Å²) in [5.74, 6) is 1.36. The van der Waals surface area contributed by atoms with Gasteiger partial charge in [-0.3, -0.25) is 4.79 Å². The van der Waals surface area contributed by atoms with E-state index >= 15 is 0 Å². The number of nitrogens with zero attached hydrogens (tertiary/aromatic N) is 1. The minimum atomic E-state index is -0.0657. The Morgan fingerprint density at radius 3 is 2.59 bits per heavy atom. The molecule has 7 heteroatoms. The molecule has 0 fully saturated rings. The Morgan fingerprint density at radius 1 is 1.03 bits per heavy atom. The molecule has 2 rings (SSSR count). The van der Waals surface area contributed by atoms with Crippen molar-refractivity contribution in [1.29, 1.82) is 0 Å². The van der Waals surface area contributed by atoms with E-state index in [0.717, 1.165) is 29.7 Å². The van der Waals surface area contributed by atoms with Crippen LogP contribution in [0.25, 0.3) is 0 Å². The molecule has 0 saturated heterocycles. The van der Waals surface area contributed by atoms with E-state index in [4.69, 9.17) is 9.47 Å². The van der Waals surface area contributed by atoms with Gasteiger partial charge < -0.3 is 25.4 Å². The van der Waals surface area contributed by atoms with Gasteiger partial charge in [0, 0.05) is 38.8 Å². The van der Waals surface area contributed by atoms with Crippen molar-refractivity contribution in [3.63, 3.8) is 0 Å². The number of hydrogen-bond donors (Lipinski definition) is 3. The number of nitrogens with one attached hydrogen (secondary N) is 3. The highest BCUT2D eigenvalue weighted by Gasteiger charge is 2.07. The molecule has 0 saturated carbocycles. The van der Waals surface area contributed by atoms with Gasteiger partial charge >= 0.3 is 0 Å². The Hall–Kier alpha value is -3.06. The first-order valence-corrected chi connectivity index (χ1v) is 11.2. The molecule has 0 atom stereocenters. The average Bonchev–Trinajstić information content (AvgIpc) is 2.80. The maximum Gasteiger partial charge on any atom is 0.239 e. The van der Waals surface area contributed by atoms with E-state index in [1.54, 1.807) is 7.11 Å². The van der Waals surface area contributed by atoms with E-state index in [-0.39, 0.29) is 12.5 Å². The molecule has 3 N–H and O–H groups in total. The van der Waals surface area contributed by atoms with Crippen LogP contribution < -0.4 is 20.7 Å². The van der Waals surface area contributed by atoms with Crippen molar-refractivity contribution in [2.24, 2.45) is 4.99 Å². The number of hydrogen-bond acceptors (Lipinski definition) is 4. The van der Waals surface area contributed by atoms with Crippen molar-refractivity contribution in [1.82, 2.24) is 16.0 Å². The Balaban J connectivity index is 1.85. The number of aliphatic imine (C=N–C) groups is 1. The van der Waals surface area contributed by atoms with Gasteiger partial charge in [0.1, 0.15) is 5.75 Å². The van der Waals surface area contributed by atoms with Crippen molar-refractivity contribution in [2.45, 2.75) is 33.2 Å². The number of carbonyl (C=O) groups is 1. The van der Waals surface area contributed by atoms with E-state index in [1.807, 2.05) is 50.2 Å². The molecular formula is C25H36N4O3. The summed E-state index contributed by atoms with van der Waals surface area (Å²) in [6.45, 7) is 7.21. The molecule has 1 amide bonds. The molecule has 7 nitrogen and oxygen atoms in total. The van der Waals surface area contributed by atoms with Crippen LogP contribution in [0.3, 0.4) is 0 Å². The highest BCUT2D eigenvalue weighted by Crippen LogP contribution is 2.21. The van der Waals surface area contributed by atoms with Crippen LogP contribution in [0.5, 0.6) is 5.75 Å². The number of ether oxygens (including phenoxy) is 2. The second-order valence-corrected chi connectivity index (χ2v) is 7.44. The number of aryl methyl sites for hydroxylation is 1. The fraction of sp³-hybridized carbons (Fsp3) is 0.440. The van der Waals surface area contributed by atoms with Crippen molar-refractivity contribution in [3.05, 3.63) is 65.2 Å². The normalized spacial score (nSPS) is 11.2. The Kier molecular flexibility index (Phi) is 11.7. The lowest BCUT2D eigenvalue weighted by Crippen LogP contribution is -2.43. The average molecular weight is 441 g/mol. The van der Waals surface area contributed by atoms with Crippen molar-refractivity contribution >= 4 is 11.9 Å². The number of carbonyl (C=O) groups excluding carboxylic acids is 1. The third kappa shape index (κ3) is 9.83.